The summed E-state index contributed by atoms with van der Waals surface area (Å²) in [6.07, 6.45) is 3.10. The van der Waals surface area contributed by atoms with Crippen molar-refractivity contribution in [1.82, 2.24) is 0 Å². The van der Waals surface area contributed by atoms with Crippen molar-refractivity contribution < 1.29 is 43.1 Å². The van der Waals surface area contributed by atoms with Gasteiger partial charge in [-0.15, -0.1) is 0 Å². The zero-order valence-electron chi connectivity index (χ0n) is 23.1. The molecule has 7 atom stereocenters. The van der Waals surface area contributed by atoms with Gasteiger partial charge in [-0.1, -0.05) is 50.1 Å². The maximum Gasteiger partial charge on any atom is 0.338 e. The second kappa shape index (κ2) is 13.5. The summed E-state index contributed by atoms with van der Waals surface area (Å²) in [5.74, 6) is -1.97. The molecular formula is C31H32Br2O9. The smallest absolute Gasteiger partial charge is 0.338 e. The molecule has 2 fully saturated rings. The van der Waals surface area contributed by atoms with Gasteiger partial charge >= 0.3 is 11.9 Å². The summed E-state index contributed by atoms with van der Waals surface area (Å²) < 4.78 is 38.1. The lowest BCUT2D eigenvalue weighted by Crippen LogP contribution is -2.65. The molecular weight excluding hydrogens is 676 g/mol. The molecule has 2 aromatic carbocycles. The van der Waals surface area contributed by atoms with Gasteiger partial charge in [0.1, 0.15) is 24.4 Å². The molecule has 5 rings (SSSR count). The first-order chi connectivity index (χ1) is 20.1. The number of hydrogen-bond donors (Lipinski definition) is 1. The van der Waals surface area contributed by atoms with E-state index in [2.05, 4.69) is 31.9 Å². The Morgan fingerprint density at radius 1 is 0.976 bits per heavy atom. The van der Waals surface area contributed by atoms with E-state index in [9.17, 15) is 14.7 Å². The van der Waals surface area contributed by atoms with Crippen molar-refractivity contribution >= 4 is 43.8 Å². The minimum atomic E-state index is -0.908. The number of esters is 2. The van der Waals surface area contributed by atoms with Gasteiger partial charge in [0.05, 0.1) is 36.5 Å². The highest BCUT2D eigenvalue weighted by atomic mass is 79.9. The molecule has 0 radical (unpaired) electrons. The third-order valence-electron chi connectivity index (χ3n) is 7.11. The van der Waals surface area contributed by atoms with Crippen LogP contribution in [-0.2, 0) is 28.4 Å². The van der Waals surface area contributed by atoms with Crippen molar-refractivity contribution in [2.45, 2.75) is 68.8 Å². The molecule has 3 heterocycles. The molecule has 0 spiro atoms. The molecule has 224 valence electrons. The van der Waals surface area contributed by atoms with Crippen LogP contribution in [0.25, 0.3) is 0 Å². The van der Waals surface area contributed by atoms with Gasteiger partial charge in [0.25, 0.3) is 0 Å². The van der Waals surface area contributed by atoms with Gasteiger partial charge in [0, 0.05) is 8.95 Å². The standard InChI is InChI=1S/C31H32Br2O9/c1-31(2)37-17-25-27(42-31)28(41-30(36)19-8-12-21(33)13-9-19)26-24(40-25)5-3-4-22(38-26)14-15-23(16-34)39-29(35)18-6-10-20(32)11-7-18/h3-4,6-15,22-28,34H,5,16-17H2,1-2H3/b15-14+/t22-,23?,24+,25-,26+,27-,28-/m1/s1. The Morgan fingerprint density at radius 3 is 2.26 bits per heavy atom. The first-order valence-electron chi connectivity index (χ1n) is 13.6. The molecule has 1 unspecified atom stereocenters. The van der Waals surface area contributed by atoms with Crippen LogP contribution < -0.4 is 0 Å². The normalized spacial score (nSPS) is 29.2. The second-order valence-electron chi connectivity index (χ2n) is 10.6. The fourth-order valence-electron chi connectivity index (χ4n) is 5.02. The first kappa shape index (κ1) is 31.1. The van der Waals surface area contributed by atoms with Crippen LogP contribution in [0.2, 0.25) is 0 Å². The monoisotopic (exact) mass is 706 g/mol. The van der Waals surface area contributed by atoms with E-state index < -0.39 is 67.1 Å². The molecule has 42 heavy (non-hydrogen) atoms. The van der Waals surface area contributed by atoms with Gasteiger partial charge < -0.3 is 33.5 Å². The third-order valence-corrected chi connectivity index (χ3v) is 8.17. The van der Waals surface area contributed by atoms with Crippen molar-refractivity contribution in [3.05, 3.63) is 92.9 Å². The Hall–Kier alpha value is -2.38. The number of carbonyl (C=O) groups excluding carboxylic acids is 2. The van der Waals surface area contributed by atoms with Crippen LogP contribution in [0.15, 0.2) is 81.8 Å². The number of benzene rings is 2. The van der Waals surface area contributed by atoms with E-state index in [1.54, 1.807) is 74.5 Å². The Kier molecular flexibility index (Phi) is 9.99. The van der Waals surface area contributed by atoms with E-state index in [4.69, 9.17) is 28.4 Å². The predicted molar refractivity (Wildman–Crippen MR) is 159 cm³/mol. The lowest BCUT2D eigenvalue weighted by Gasteiger charge is -2.50. The number of carbonyl (C=O) groups is 2. The van der Waals surface area contributed by atoms with Crippen LogP contribution in [0.4, 0.5) is 0 Å². The molecule has 2 saturated heterocycles. The average molecular weight is 708 g/mol. The van der Waals surface area contributed by atoms with Crippen LogP contribution >= 0.6 is 31.9 Å². The van der Waals surface area contributed by atoms with Crippen LogP contribution in [0.3, 0.4) is 0 Å². The summed E-state index contributed by atoms with van der Waals surface area (Å²) >= 11 is 6.73. The number of hydrogen-bond acceptors (Lipinski definition) is 9. The minimum Gasteiger partial charge on any atom is -0.453 e. The van der Waals surface area contributed by atoms with Crippen molar-refractivity contribution in [1.29, 1.82) is 0 Å². The number of rotatable bonds is 7. The molecule has 9 nitrogen and oxygen atoms in total. The van der Waals surface area contributed by atoms with E-state index in [-0.39, 0.29) is 6.61 Å². The maximum atomic E-state index is 13.3. The van der Waals surface area contributed by atoms with Gasteiger partial charge in [-0.3, -0.25) is 0 Å². The second-order valence-corrected chi connectivity index (χ2v) is 12.5. The van der Waals surface area contributed by atoms with E-state index in [0.717, 1.165) is 8.95 Å². The largest absolute Gasteiger partial charge is 0.453 e. The van der Waals surface area contributed by atoms with Crippen molar-refractivity contribution in [2.24, 2.45) is 0 Å². The van der Waals surface area contributed by atoms with Gasteiger partial charge in [0.2, 0.25) is 0 Å². The number of fused-ring (bicyclic) bond motifs is 2. The Morgan fingerprint density at radius 2 is 1.62 bits per heavy atom. The summed E-state index contributed by atoms with van der Waals surface area (Å²) in [4.78, 5) is 25.8. The quantitative estimate of drug-likeness (QED) is 0.309. The number of aliphatic hydroxyl groups is 1. The van der Waals surface area contributed by atoms with Gasteiger partial charge in [0.15, 0.2) is 11.9 Å². The molecule has 11 heteroatoms. The lowest BCUT2D eigenvalue weighted by atomic mass is 9.92. The summed E-state index contributed by atoms with van der Waals surface area (Å²) in [6, 6.07) is 13.6. The Bertz CT molecular complexity index is 1310. The van der Waals surface area contributed by atoms with Crippen molar-refractivity contribution in [3.8, 4) is 0 Å². The molecule has 3 aliphatic heterocycles. The molecule has 3 aliphatic rings. The van der Waals surface area contributed by atoms with E-state index in [1.165, 1.54) is 0 Å². The van der Waals surface area contributed by atoms with Crippen LogP contribution in [-0.4, -0.2) is 78.8 Å². The Balaban J connectivity index is 1.33. The third kappa shape index (κ3) is 7.57. The molecule has 1 N–H and O–H groups in total. The molecule has 0 amide bonds. The van der Waals surface area contributed by atoms with E-state index in [0.29, 0.717) is 17.5 Å². The summed E-state index contributed by atoms with van der Waals surface area (Å²) in [6.45, 7) is 3.47. The van der Waals surface area contributed by atoms with Gasteiger partial charge in [-0.05, 0) is 74.9 Å². The fraction of sp³-hybridized carbons (Fsp3) is 0.419. The van der Waals surface area contributed by atoms with E-state index in [1.807, 2.05) is 12.2 Å². The van der Waals surface area contributed by atoms with Crippen LogP contribution in [0.1, 0.15) is 41.0 Å². The molecule has 2 aromatic rings. The lowest BCUT2D eigenvalue weighted by molar-refractivity contribution is -0.359. The van der Waals surface area contributed by atoms with Gasteiger partial charge in [-0.2, -0.15) is 0 Å². The highest BCUT2D eigenvalue weighted by Gasteiger charge is 2.54. The summed E-state index contributed by atoms with van der Waals surface area (Å²) in [7, 11) is 0. The van der Waals surface area contributed by atoms with Crippen LogP contribution in [0, 0.1) is 0 Å². The van der Waals surface area contributed by atoms with E-state index >= 15 is 0 Å². The molecule has 0 bridgehead atoms. The predicted octanol–water partition coefficient (Wildman–Crippen LogP) is 5.14. The number of ether oxygens (including phenoxy) is 6. The highest BCUT2D eigenvalue weighted by Crippen LogP contribution is 2.38. The molecule has 0 saturated carbocycles. The van der Waals surface area contributed by atoms with Crippen molar-refractivity contribution in [3.63, 3.8) is 0 Å². The number of halogens is 2. The van der Waals surface area contributed by atoms with Crippen LogP contribution in [0.5, 0.6) is 0 Å². The molecule has 0 aliphatic carbocycles. The highest BCUT2D eigenvalue weighted by molar-refractivity contribution is 9.10. The zero-order valence-corrected chi connectivity index (χ0v) is 26.2. The minimum absolute atomic E-state index is 0.280. The average Bonchev–Trinajstić information content (AvgIpc) is 3.17. The molecule has 0 aromatic heterocycles. The Labute approximate surface area is 261 Å². The van der Waals surface area contributed by atoms with Gasteiger partial charge in [-0.25, -0.2) is 9.59 Å². The SMILES string of the molecule is CC1(C)OC[C@H]2O[C@H]3CC=C[C@H](/C=C/C(CO)OC(=O)c4ccc(Br)cc4)O[C@@H]3[C@@H](OC(=O)c3ccc(Br)cc3)[C@@H]2O1. The summed E-state index contributed by atoms with van der Waals surface area (Å²) in [5.41, 5.74) is 0.757. The summed E-state index contributed by atoms with van der Waals surface area (Å²) in [5, 5.41) is 9.88. The number of aliphatic hydroxyl groups excluding tert-OH is 1. The first-order valence-corrected chi connectivity index (χ1v) is 15.2. The van der Waals surface area contributed by atoms with Crippen molar-refractivity contribution in [2.75, 3.05) is 13.2 Å². The topological polar surface area (TPSA) is 110 Å². The maximum absolute atomic E-state index is 13.3. The zero-order chi connectivity index (χ0) is 29.9. The fourth-order valence-corrected chi connectivity index (χ4v) is 5.55.